The predicted molar refractivity (Wildman–Crippen MR) is 34.7 cm³/mol. The molecule has 0 rings (SSSR count). The van der Waals surface area contributed by atoms with Gasteiger partial charge in [0.1, 0.15) is 6.61 Å². The van der Waals surface area contributed by atoms with Gasteiger partial charge in [-0.25, -0.2) is 4.79 Å². The summed E-state index contributed by atoms with van der Waals surface area (Å²) in [6, 6.07) is 0. The molecule has 0 unspecified atom stereocenters. The first-order chi connectivity index (χ1) is 4.81. The average Bonchev–Trinajstić information content (AvgIpc) is 1.98. The first-order valence-corrected chi connectivity index (χ1v) is 2.49. The molecule has 0 fully saturated rings. The number of hydrogen-bond acceptors (Lipinski definition) is 3. The molecule has 0 radical (unpaired) electrons. The van der Waals surface area contributed by atoms with Crippen molar-refractivity contribution in [1.29, 1.82) is 0 Å². The van der Waals surface area contributed by atoms with E-state index >= 15 is 0 Å². The van der Waals surface area contributed by atoms with E-state index in [9.17, 15) is 4.79 Å². The Morgan fingerprint density at radius 2 is 2.30 bits per heavy atom. The molecule has 52 valence electrons. The number of esters is 1. The molecular weight excluding hydrogens is 132 g/mol. The van der Waals surface area contributed by atoms with E-state index in [1.54, 1.807) is 0 Å². The normalized spacial score (nSPS) is 6.20. The van der Waals surface area contributed by atoms with Crippen molar-refractivity contribution in [3.05, 3.63) is 0 Å². The van der Waals surface area contributed by atoms with E-state index in [2.05, 4.69) is 28.4 Å². The van der Waals surface area contributed by atoms with Crippen LogP contribution >= 0.6 is 0 Å². The molecule has 0 heterocycles. The monoisotopic (exact) mass is 138 g/mol. The predicted octanol–water partition coefficient (Wildman–Crippen LogP) is -0.842. The molecule has 0 saturated carbocycles. The third-order valence-electron chi connectivity index (χ3n) is 0.580. The van der Waals surface area contributed by atoms with Gasteiger partial charge in [-0.1, -0.05) is 5.92 Å². The van der Waals surface area contributed by atoms with Gasteiger partial charge in [0.05, 0.1) is 7.11 Å². The highest BCUT2D eigenvalue weighted by molar-refractivity contribution is 5.88. The minimum Gasteiger partial charge on any atom is -0.459 e. The first kappa shape index (κ1) is 8.55. The number of aliphatic hydroxyl groups excluding tert-OH is 1. The summed E-state index contributed by atoms with van der Waals surface area (Å²) in [7, 11) is 1.23. The molecule has 0 aliphatic carbocycles. The molecule has 3 nitrogen and oxygen atoms in total. The molecular formula is C7H6O3. The molecule has 10 heavy (non-hydrogen) atoms. The zero-order chi connectivity index (χ0) is 7.82. The average molecular weight is 138 g/mol. The van der Waals surface area contributed by atoms with Crippen LogP contribution in [0, 0.1) is 23.7 Å². The van der Waals surface area contributed by atoms with Crippen LogP contribution in [0.25, 0.3) is 0 Å². The highest BCUT2D eigenvalue weighted by atomic mass is 16.5. The summed E-state index contributed by atoms with van der Waals surface area (Å²) in [5.74, 6) is 8.12. The Bertz CT molecular complexity index is 221. The van der Waals surface area contributed by atoms with Crippen molar-refractivity contribution in [2.45, 2.75) is 0 Å². The second-order valence-electron chi connectivity index (χ2n) is 1.20. The molecule has 0 aliphatic heterocycles. The van der Waals surface area contributed by atoms with E-state index in [0.29, 0.717) is 0 Å². The molecule has 0 aromatic rings. The van der Waals surface area contributed by atoms with E-state index in [0.717, 1.165) is 0 Å². The van der Waals surface area contributed by atoms with Gasteiger partial charge in [-0.05, 0) is 11.8 Å². The van der Waals surface area contributed by atoms with Gasteiger partial charge >= 0.3 is 5.97 Å². The smallest absolute Gasteiger partial charge is 0.385 e. The van der Waals surface area contributed by atoms with Crippen molar-refractivity contribution in [3.8, 4) is 23.7 Å². The second-order valence-corrected chi connectivity index (χ2v) is 1.20. The van der Waals surface area contributed by atoms with Crippen molar-refractivity contribution in [1.82, 2.24) is 0 Å². The van der Waals surface area contributed by atoms with Crippen LogP contribution in [0.5, 0.6) is 0 Å². The van der Waals surface area contributed by atoms with Gasteiger partial charge in [0.25, 0.3) is 0 Å². The summed E-state index contributed by atoms with van der Waals surface area (Å²) < 4.78 is 4.19. The molecule has 0 amide bonds. The van der Waals surface area contributed by atoms with Crippen LogP contribution in [0.15, 0.2) is 0 Å². The van der Waals surface area contributed by atoms with Gasteiger partial charge in [-0.15, -0.1) is 0 Å². The van der Waals surface area contributed by atoms with Crippen LogP contribution in [0.1, 0.15) is 0 Å². The lowest BCUT2D eigenvalue weighted by Crippen LogP contribution is -1.93. The number of ether oxygens (including phenoxy) is 1. The van der Waals surface area contributed by atoms with Gasteiger partial charge in [0.2, 0.25) is 0 Å². The van der Waals surface area contributed by atoms with Crippen LogP contribution in [-0.4, -0.2) is 24.8 Å². The topological polar surface area (TPSA) is 46.5 Å². The Morgan fingerprint density at radius 3 is 2.80 bits per heavy atom. The van der Waals surface area contributed by atoms with E-state index in [4.69, 9.17) is 5.11 Å². The molecule has 0 bridgehead atoms. The van der Waals surface area contributed by atoms with E-state index in [1.165, 1.54) is 7.11 Å². The Labute approximate surface area is 59.0 Å². The lowest BCUT2D eigenvalue weighted by atomic mass is 10.5. The van der Waals surface area contributed by atoms with Crippen molar-refractivity contribution >= 4 is 5.97 Å². The lowest BCUT2D eigenvalue weighted by Gasteiger charge is -1.81. The first-order valence-electron chi connectivity index (χ1n) is 2.49. The summed E-state index contributed by atoms with van der Waals surface area (Å²) in [6.45, 7) is -0.254. The number of methoxy groups -OCH3 is 1. The molecule has 0 aromatic carbocycles. The van der Waals surface area contributed by atoms with Crippen molar-refractivity contribution < 1.29 is 14.6 Å². The Hall–Kier alpha value is -1.45. The highest BCUT2D eigenvalue weighted by Crippen LogP contribution is 1.65. The van der Waals surface area contributed by atoms with Gasteiger partial charge in [-0.3, -0.25) is 0 Å². The lowest BCUT2D eigenvalue weighted by molar-refractivity contribution is -0.133. The van der Waals surface area contributed by atoms with Crippen LogP contribution in [-0.2, 0) is 9.53 Å². The molecule has 1 N–H and O–H groups in total. The fourth-order valence-electron chi connectivity index (χ4n) is 0.217. The minimum atomic E-state index is -0.632. The summed E-state index contributed by atoms with van der Waals surface area (Å²) in [6.07, 6.45) is 0. The van der Waals surface area contributed by atoms with Crippen LogP contribution in [0.3, 0.4) is 0 Å². The SMILES string of the molecule is COC(=O)C#CC#CCO. The van der Waals surface area contributed by atoms with Gasteiger partial charge < -0.3 is 9.84 Å². The summed E-state index contributed by atoms with van der Waals surface area (Å²) in [4.78, 5) is 10.2. The number of rotatable bonds is 0. The molecule has 0 atom stereocenters. The third-order valence-corrected chi connectivity index (χ3v) is 0.580. The fourth-order valence-corrected chi connectivity index (χ4v) is 0.217. The van der Waals surface area contributed by atoms with Gasteiger partial charge in [-0.2, -0.15) is 0 Å². The maximum absolute atomic E-state index is 10.2. The summed E-state index contributed by atoms with van der Waals surface area (Å²) >= 11 is 0. The Morgan fingerprint density at radius 1 is 1.60 bits per heavy atom. The van der Waals surface area contributed by atoms with Crippen LogP contribution < -0.4 is 0 Å². The molecule has 0 spiro atoms. The minimum absolute atomic E-state index is 0.254. The second kappa shape index (κ2) is 5.68. The molecule has 3 heteroatoms. The maximum Gasteiger partial charge on any atom is 0.385 e. The molecule has 0 saturated heterocycles. The van der Waals surface area contributed by atoms with Gasteiger partial charge in [0, 0.05) is 5.92 Å². The van der Waals surface area contributed by atoms with Crippen LogP contribution in [0.4, 0.5) is 0 Å². The van der Waals surface area contributed by atoms with Crippen LogP contribution in [0.2, 0.25) is 0 Å². The quantitative estimate of drug-likeness (QED) is 0.269. The van der Waals surface area contributed by atoms with Crippen molar-refractivity contribution in [2.75, 3.05) is 13.7 Å². The summed E-state index contributed by atoms with van der Waals surface area (Å²) in [5, 5.41) is 8.13. The van der Waals surface area contributed by atoms with E-state index < -0.39 is 5.97 Å². The van der Waals surface area contributed by atoms with E-state index in [1.807, 2.05) is 0 Å². The third kappa shape index (κ3) is 4.70. The van der Waals surface area contributed by atoms with Crippen molar-refractivity contribution in [3.63, 3.8) is 0 Å². The standard InChI is InChI=1S/C7H6O3/c1-10-7(9)5-3-2-4-6-8/h8H,6H2,1H3. The number of hydrogen-bond donors (Lipinski definition) is 1. The fraction of sp³-hybridized carbons (Fsp3) is 0.286. The molecule has 0 aliphatic rings. The van der Waals surface area contributed by atoms with Gasteiger partial charge in [0.15, 0.2) is 0 Å². The zero-order valence-electron chi connectivity index (χ0n) is 5.47. The van der Waals surface area contributed by atoms with E-state index in [-0.39, 0.29) is 6.61 Å². The molecule has 0 aromatic heterocycles. The largest absolute Gasteiger partial charge is 0.459 e. The number of carbonyl (C=O) groups excluding carboxylic acids is 1. The highest BCUT2D eigenvalue weighted by Gasteiger charge is 1.85. The summed E-state index contributed by atoms with van der Waals surface area (Å²) in [5.41, 5.74) is 0. The zero-order valence-corrected chi connectivity index (χ0v) is 5.47. The number of carbonyl (C=O) groups is 1. The Balaban J connectivity index is 3.80. The Kier molecular flexibility index (Phi) is 4.86. The number of aliphatic hydroxyl groups is 1. The van der Waals surface area contributed by atoms with Crippen molar-refractivity contribution in [2.24, 2.45) is 0 Å². The maximum atomic E-state index is 10.2.